The van der Waals surface area contributed by atoms with Crippen molar-refractivity contribution < 1.29 is 0 Å². The molecule has 3 heteroatoms. The minimum absolute atomic E-state index is 0.461. The molecule has 0 saturated carbocycles. The van der Waals surface area contributed by atoms with E-state index in [2.05, 4.69) is 35.6 Å². The Kier molecular flexibility index (Phi) is 6.10. The fraction of sp³-hybridized carbons (Fsp3) is 0.733. The van der Waals surface area contributed by atoms with E-state index < -0.39 is 0 Å². The van der Waals surface area contributed by atoms with Gasteiger partial charge in [0.25, 0.3) is 0 Å². The zero-order valence-electron chi connectivity index (χ0n) is 12.5. The lowest BCUT2D eigenvalue weighted by Gasteiger charge is -2.30. The summed E-state index contributed by atoms with van der Waals surface area (Å²) in [6, 6.07) is 0. The lowest BCUT2D eigenvalue weighted by atomic mass is 9.99. The first-order chi connectivity index (χ1) is 8.66. The van der Waals surface area contributed by atoms with Crippen molar-refractivity contribution in [3.05, 3.63) is 18.1 Å². The van der Waals surface area contributed by atoms with Crippen molar-refractivity contribution in [1.82, 2.24) is 9.97 Å². The number of piperidine rings is 1. The lowest BCUT2D eigenvalue weighted by Crippen LogP contribution is -2.33. The van der Waals surface area contributed by atoms with Crippen molar-refractivity contribution >= 4 is 5.82 Å². The minimum Gasteiger partial charge on any atom is -0.355 e. The van der Waals surface area contributed by atoms with Gasteiger partial charge < -0.3 is 4.90 Å². The van der Waals surface area contributed by atoms with Crippen molar-refractivity contribution in [2.24, 2.45) is 5.92 Å². The van der Waals surface area contributed by atoms with E-state index >= 15 is 0 Å². The second-order valence-corrected chi connectivity index (χ2v) is 5.12. The molecule has 1 aliphatic rings. The molecule has 0 aromatic carbocycles. The molecule has 102 valence electrons. The normalized spacial score (nSPS) is 16.4. The molecule has 0 atom stereocenters. The van der Waals surface area contributed by atoms with Crippen LogP contribution in [0.1, 0.15) is 59.1 Å². The average molecular weight is 249 g/mol. The maximum Gasteiger partial charge on any atom is 0.147 e. The van der Waals surface area contributed by atoms with E-state index in [9.17, 15) is 0 Å². The molecular weight excluding hydrogens is 222 g/mol. The SMILES string of the molecule is CC.CC1CCN(c2cnc(C(C)C)cn2)CC1. The van der Waals surface area contributed by atoms with Crippen LogP contribution in [0, 0.1) is 5.92 Å². The zero-order valence-corrected chi connectivity index (χ0v) is 12.5. The Morgan fingerprint density at radius 2 is 1.72 bits per heavy atom. The van der Waals surface area contributed by atoms with Crippen molar-refractivity contribution in [3.63, 3.8) is 0 Å². The molecule has 1 aliphatic heterocycles. The summed E-state index contributed by atoms with van der Waals surface area (Å²) in [4.78, 5) is 11.3. The van der Waals surface area contributed by atoms with Gasteiger partial charge in [0.2, 0.25) is 0 Å². The van der Waals surface area contributed by atoms with Crippen LogP contribution in [0.4, 0.5) is 5.82 Å². The van der Waals surface area contributed by atoms with Gasteiger partial charge in [-0.05, 0) is 24.7 Å². The van der Waals surface area contributed by atoms with E-state index in [0.717, 1.165) is 30.5 Å². The maximum absolute atomic E-state index is 4.51. The van der Waals surface area contributed by atoms with Crippen LogP contribution in [0.3, 0.4) is 0 Å². The summed E-state index contributed by atoms with van der Waals surface area (Å²) in [5, 5.41) is 0. The van der Waals surface area contributed by atoms with Gasteiger partial charge in [0.1, 0.15) is 5.82 Å². The van der Waals surface area contributed by atoms with Gasteiger partial charge in [-0.15, -0.1) is 0 Å². The summed E-state index contributed by atoms with van der Waals surface area (Å²) in [6.45, 7) is 12.9. The molecule has 0 radical (unpaired) electrons. The first-order valence-corrected chi connectivity index (χ1v) is 7.23. The predicted octanol–water partition coefficient (Wildman–Crippen LogP) is 3.86. The first kappa shape index (κ1) is 14.9. The van der Waals surface area contributed by atoms with Gasteiger partial charge >= 0.3 is 0 Å². The van der Waals surface area contributed by atoms with Gasteiger partial charge in [0.05, 0.1) is 18.1 Å². The highest BCUT2D eigenvalue weighted by Crippen LogP contribution is 2.21. The van der Waals surface area contributed by atoms with Crippen LogP contribution in [0.15, 0.2) is 12.4 Å². The highest BCUT2D eigenvalue weighted by molar-refractivity contribution is 5.36. The molecule has 3 nitrogen and oxygen atoms in total. The smallest absolute Gasteiger partial charge is 0.147 e. The number of rotatable bonds is 2. The Balaban J connectivity index is 0.000000771. The second-order valence-electron chi connectivity index (χ2n) is 5.12. The minimum atomic E-state index is 0.461. The summed E-state index contributed by atoms with van der Waals surface area (Å²) < 4.78 is 0. The molecule has 18 heavy (non-hydrogen) atoms. The molecule has 0 spiro atoms. The molecule has 1 aromatic heterocycles. The predicted molar refractivity (Wildman–Crippen MR) is 78.1 cm³/mol. The molecule has 1 saturated heterocycles. The quantitative estimate of drug-likeness (QED) is 0.797. The molecule has 1 fully saturated rings. The van der Waals surface area contributed by atoms with Crippen molar-refractivity contribution in [3.8, 4) is 0 Å². The van der Waals surface area contributed by atoms with E-state index in [0.29, 0.717) is 5.92 Å². The molecule has 0 aliphatic carbocycles. The van der Waals surface area contributed by atoms with Crippen molar-refractivity contribution in [2.75, 3.05) is 18.0 Å². The van der Waals surface area contributed by atoms with E-state index in [1.165, 1.54) is 12.8 Å². The molecule has 0 bridgehead atoms. The second kappa shape index (κ2) is 7.34. The van der Waals surface area contributed by atoms with Crippen LogP contribution < -0.4 is 4.90 Å². The van der Waals surface area contributed by atoms with Crippen LogP contribution in [0.25, 0.3) is 0 Å². The standard InChI is InChI=1S/C13H21N3.C2H6/c1-10(2)12-8-15-13(9-14-12)16-6-4-11(3)5-7-16;1-2/h8-11H,4-7H2,1-3H3;1-2H3. The van der Waals surface area contributed by atoms with Gasteiger partial charge in [-0.3, -0.25) is 4.98 Å². The Labute approximate surface area is 112 Å². The van der Waals surface area contributed by atoms with Crippen LogP contribution in [-0.4, -0.2) is 23.1 Å². The van der Waals surface area contributed by atoms with Gasteiger partial charge in [-0.1, -0.05) is 34.6 Å². The van der Waals surface area contributed by atoms with Crippen LogP contribution >= 0.6 is 0 Å². The highest BCUT2D eigenvalue weighted by atomic mass is 15.2. The maximum atomic E-state index is 4.51. The molecule has 0 N–H and O–H groups in total. The highest BCUT2D eigenvalue weighted by Gasteiger charge is 2.17. The van der Waals surface area contributed by atoms with Crippen molar-refractivity contribution in [2.45, 2.75) is 53.4 Å². The van der Waals surface area contributed by atoms with Gasteiger partial charge in [-0.2, -0.15) is 0 Å². The Hall–Kier alpha value is -1.12. The van der Waals surface area contributed by atoms with Gasteiger partial charge in [0.15, 0.2) is 0 Å². The molecular formula is C15H27N3. The average Bonchev–Trinajstić information content (AvgIpc) is 2.42. The zero-order chi connectivity index (χ0) is 13.5. The molecule has 1 aromatic rings. The van der Waals surface area contributed by atoms with Crippen molar-refractivity contribution in [1.29, 1.82) is 0 Å². The van der Waals surface area contributed by atoms with Gasteiger partial charge in [0, 0.05) is 13.1 Å². The summed E-state index contributed by atoms with van der Waals surface area (Å²) in [7, 11) is 0. The summed E-state index contributed by atoms with van der Waals surface area (Å²) >= 11 is 0. The number of nitrogens with zero attached hydrogens (tertiary/aromatic N) is 3. The monoisotopic (exact) mass is 249 g/mol. The Morgan fingerprint density at radius 1 is 1.11 bits per heavy atom. The number of anilines is 1. The fourth-order valence-corrected chi connectivity index (χ4v) is 2.03. The van der Waals surface area contributed by atoms with E-state index in [4.69, 9.17) is 0 Å². The fourth-order valence-electron chi connectivity index (χ4n) is 2.03. The van der Waals surface area contributed by atoms with E-state index in [1.807, 2.05) is 26.2 Å². The molecule has 2 heterocycles. The number of aromatic nitrogens is 2. The first-order valence-electron chi connectivity index (χ1n) is 7.23. The Bertz CT molecular complexity index is 324. The third-order valence-electron chi connectivity index (χ3n) is 3.36. The summed E-state index contributed by atoms with van der Waals surface area (Å²) in [5.74, 6) is 2.36. The molecule has 0 amide bonds. The Morgan fingerprint density at radius 3 is 2.17 bits per heavy atom. The molecule has 0 unspecified atom stereocenters. The van der Waals surface area contributed by atoms with Crippen LogP contribution in [-0.2, 0) is 0 Å². The number of hydrogen-bond donors (Lipinski definition) is 0. The third kappa shape index (κ3) is 3.97. The van der Waals surface area contributed by atoms with Gasteiger partial charge in [-0.25, -0.2) is 4.98 Å². The number of hydrogen-bond acceptors (Lipinski definition) is 3. The lowest BCUT2D eigenvalue weighted by molar-refractivity contribution is 0.436. The van der Waals surface area contributed by atoms with E-state index in [1.54, 1.807) is 0 Å². The van der Waals surface area contributed by atoms with Crippen LogP contribution in [0.5, 0.6) is 0 Å². The summed E-state index contributed by atoms with van der Waals surface area (Å²) in [6.07, 6.45) is 6.38. The summed E-state index contributed by atoms with van der Waals surface area (Å²) in [5.41, 5.74) is 1.08. The van der Waals surface area contributed by atoms with E-state index in [-0.39, 0.29) is 0 Å². The third-order valence-corrected chi connectivity index (χ3v) is 3.36. The topological polar surface area (TPSA) is 29.0 Å². The largest absolute Gasteiger partial charge is 0.355 e. The van der Waals surface area contributed by atoms with Crippen LogP contribution in [0.2, 0.25) is 0 Å². The molecule has 2 rings (SSSR count).